The highest BCUT2D eigenvalue weighted by Gasteiger charge is 2.37. The average molecular weight is 674 g/mol. The number of esters is 1. The second kappa shape index (κ2) is 13.4. The highest BCUT2D eigenvalue weighted by molar-refractivity contribution is 7.07. The van der Waals surface area contributed by atoms with Crippen LogP contribution in [0.1, 0.15) is 35.2 Å². The van der Waals surface area contributed by atoms with E-state index in [1.807, 2.05) is 66.9 Å². The molecule has 1 atom stereocenters. The van der Waals surface area contributed by atoms with Crippen molar-refractivity contribution >= 4 is 40.0 Å². The Bertz CT molecular complexity index is 2410. The molecule has 1 aliphatic heterocycles. The molecule has 3 heterocycles. The lowest BCUT2D eigenvalue weighted by Gasteiger charge is -2.27. The number of hydrogen-bond acceptors (Lipinski definition) is 7. The SMILES string of the molecule is CCOC(=O)C1=C(c2ccccc2)N=c2s/c(=C\c3cn(Cc4ccc(F)cc4)c4ccccc34)c(=O)n2[C@H]1c1ccc(OC)cc1OC. The van der Waals surface area contributed by atoms with E-state index in [-0.39, 0.29) is 23.6 Å². The molecule has 0 N–H and O–H groups in total. The maximum Gasteiger partial charge on any atom is 0.338 e. The van der Waals surface area contributed by atoms with E-state index in [0.717, 1.165) is 22.0 Å². The van der Waals surface area contributed by atoms with Crippen LogP contribution in [0.2, 0.25) is 0 Å². The predicted octanol–water partition coefficient (Wildman–Crippen LogP) is 6.09. The van der Waals surface area contributed by atoms with Gasteiger partial charge in [-0.3, -0.25) is 9.36 Å². The van der Waals surface area contributed by atoms with E-state index in [1.165, 1.54) is 30.6 Å². The molecule has 0 saturated carbocycles. The Hall–Kier alpha value is -5.74. The predicted molar refractivity (Wildman–Crippen MR) is 188 cm³/mol. The normalized spacial score (nSPS) is 14.4. The Kier molecular flexibility index (Phi) is 8.71. The number of thiazole rings is 1. The topological polar surface area (TPSA) is 84.1 Å². The van der Waals surface area contributed by atoms with Crippen molar-refractivity contribution in [3.05, 3.63) is 157 Å². The van der Waals surface area contributed by atoms with Gasteiger partial charge in [-0.15, -0.1) is 0 Å². The molecule has 1 aliphatic rings. The maximum atomic E-state index is 14.6. The third kappa shape index (κ3) is 5.95. The van der Waals surface area contributed by atoms with Crippen LogP contribution in [0.3, 0.4) is 0 Å². The minimum absolute atomic E-state index is 0.142. The van der Waals surface area contributed by atoms with Crippen LogP contribution in [0.15, 0.2) is 119 Å². The Morgan fingerprint density at radius 2 is 1.71 bits per heavy atom. The van der Waals surface area contributed by atoms with Crippen molar-refractivity contribution in [1.29, 1.82) is 0 Å². The number of methoxy groups -OCH3 is 2. The van der Waals surface area contributed by atoms with Crippen molar-refractivity contribution in [2.45, 2.75) is 19.5 Å². The van der Waals surface area contributed by atoms with E-state index in [0.29, 0.717) is 44.2 Å². The fraction of sp³-hybridized carbons (Fsp3) is 0.154. The molecule has 8 nitrogen and oxygen atoms in total. The second-order valence-electron chi connectivity index (χ2n) is 11.4. The van der Waals surface area contributed by atoms with Crippen LogP contribution >= 0.6 is 11.3 Å². The molecule has 0 unspecified atom stereocenters. The van der Waals surface area contributed by atoms with Crippen LogP contribution in [-0.4, -0.2) is 35.9 Å². The first kappa shape index (κ1) is 31.8. The zero-order valence-electron chi connectivity index (χ0n) is 27.1. The molecule has 0 amide bonds. The zero-order valence-corrected chi connectivity index (χ0v) is 27.9. The lowest BCUT2D eigenvalue weighted by molar-refractivity contribution is -0.138. The van der Waals surface area contributed by atoms with Crippen molar-refractivity contribution < 1.29 is 23.4 Å². The number of para-hydroxylation sites is 1. The minimum Gasteiger partial charge on any atom is -0.497 e. The first-order valence-electron chi connectivity index (χ1n) is 15.7. The van der Waals surface area contributed by atoms with Gasteiger partial charge in [-0.1, -0.05) is 72.0 Å². The molecule has 0 saturated heterocycles. The van der Waals surface area contributed by atoms with Crippen molar-refractivity contribution in [3.8, 4) is 11.5 Å². The first-order valence-corrected chi connectivity index (χ1v) is 16.5. The first-order chi connectivity index (χ1) is 23.9. The van der Waals surface area contributed by atoms with E-state index in [1.54, 1.807) is 48.9 Å². The van der Waals surface area contributed by atoms with Gasteiger partial charge in [0.2, 0.25) is 0 Å². The highest BCUT2D eigenvalue weighted by atomic mass is 32.1. The van der Waals surface area contributed by atoms with Gasteiger partial charge < -0.3 is 18.8 Å². The standard InChI is InChI=1S/C39H32FN3O5S/c1-4-48-38(45)34-35(25-10-6-5-7-11-25)41-39-43(36(34)30-19-18-28(46-2)21-32(30)47-3)37(44)33(49-39)20-26-23-42(31-13-9-8-12-29(26)31)22-24-14-16-27(40)17-15-24/h5-21,23,36H,4,22H2,1-3H3/b33-20-/t36-/m0/s1. The smallest absolute Gasteiger partial charge is 0.338 e. The summed E-state index contributed by atoms with van der Waals surface area (Å²) >= 11 is 1.25. The molecule has 0 fully saturated rings. The zero-order chi connectivity index (χ0) is 34.1. The third-order valence-electron chi connectivity index (χ3n) is 8.48. The van der Waals surface area contributed by atoms with Gasteiger partial charge in [0.05, 0.1) is 36.6 Å². The number of carbonyl (C=O) groups excluding carboxylic acids is 1. The molecule has 0 radical (unpaired) electrons. The van der Waals surface area contributed by atoms with Gasteiger partial charge in [0, 0.05) is 46.4 Å². The van der Waals surface area contributed by atoms with Gasteiger partial charge in [0.15, 0.2) is 4.80 Å². The van der Waals surface area contributed by atoms with Gasteiger partial charge >= 0.3 is 5.97 Å². The molecule has 4 aromatic carbocycles. The summed E-state index contributed by atoms with van der Waals surface area (Å²) < 4.78 is 34.6. The van der Waals surface area contributed by atoms with Crippen LogP contribution in [0.4, 0.5) is 4.39 Å². The summed E-state index contributed by atoms with van der Waals surface area (Å²) in [5.74, 6) is 0.143. The van der Waals surface area contributed by atoms with Crippen molar-refractivity contribution in [2.24, 2.45) is 4.99 Å². The lowest BCUT2D eigenvalue weighted by Crippen LogP contribution is -2.40. The molecule has 49 heavy (non-hydrogen) atoms. The minimum atomic E-state index is -0.909. The number of hydrogen-bond donors (Lipinski definition) is 0. The number of nitrogens with zero attached hydrogens (tertiary/aromatic N) is 3. The van der Waals surface area contributed by atoms with Crippen molar-refractivity contribution in [1.82, 2.24) is 9.13 Å². The quantitative estimate of drug-likeness (QED) is 0.174. The lowest BCUT2D eigenvalue weighted by atomic mass is 9.92. The summed E-state index contributed by atoms with van der Waals surface area (Å²) in [6.07, 6.45) is 3.86. The van der Waals surface area contributed by atoms with Crippen molar-refractivity contribution in [2.75, 3.05) is 20.8 Å². The number of carbonyl (C=O) groups is 1. The Morgan fingerprint density at radius 1 is 0.959 bits per heavy atom. The number of aromatic nitrogens is 2. The largest absolute Gasteiger partial charge is 0.497 e. The molecule has 2 aromatic heterocycles. The summed E-state index contributed by atoms with van der Waals surface area (Å²) in [5, 5.41) is 0.959. The van der Waals surface area contributed by atoms with Crippen LogP contribution < -0.4 is 24.4 Å². The van der Waals surface area contributed by atoms with Gasteiger partial charge in [0.25, 0.3) is 5.56 Å². The van der Waals surface area contributed by atoms with E-state index in [4.69, 9.17) is 19.2 Å². The van der Waals surface area contributed by atoms with Crippen LogP contribution in [0, 0.1) is 5.82 Å². The molecule has 10 heteroatoms. The van der Waals surface area contributed by atoms with Gasteiger partial charge in [-0.05, 0) is 48.9 Å². The monoisotopic (exact) mass is 673 g/mol. The van der Waals surface area contributed by atoms with Crippen molar-refractivity contribution in [3.63, 3.8) is 0 Å². The number of fused-ring (bicyclic) bond motifs is 2. The highest BCUT2D eigenvalue weighted by Crippen LogP contribution is 2.40. The summed E-state index contributed by atoms with van der Waals surface area (Å²) in [5.41, 5.74) is 4.40. The van der Waals surface area contributed by atoms with Gasteiger partial charge in [0.1, 0.15) is 23.4 Å². The summed E-state index contributed by atoms with van der Waals surface area (Å²) in [6.45, 7) is 2.41. The van der Waals surface area contributed by atoms with E-state index in [2.05, 4.69) is 4.57 Å². The van der Waals surface area contributed by atoms with Crippen LogP contribution in [-0.2, 0) is 16.1 Å². The molecule has 246 valence electrons. The molecular formula is C39H32FN3O5S. The van der Waals surface area contributed by atoms with Gasteiger partial charge in [-0.2, -0.15) is 0 Å². The number of halogens is 1. The van der Waals surface area contributed by atoms with Crippen LogP contribution in [0.5, 0.6) is 11.5 Å². The molecular weight excluding hydrogens is 642 g/mol. The maximum absolute atomic E-state index is 14.6. The molecule has 0 bridgehead atoms. The van der Waals surface area contributed by atoms with E-state index < -0.39 is 12.0 Å². The Labute approximate surface area is 285 Å². The second-order valence-corrected chi connectivity index (χ2v) is 12.4. The Balaban J connectivity index is 1.47. The summed E-state index contributed by atoms with van der Waals surface area (Å²) in [7, 11) is 3.10. The van der Waals surface area contributed by atoms with Gasteiger partial charge in [-0.25, -0.2) is 14.2 Å². The van der Waals surface area contributed by atoms with E-state index in [9.17, 15) is 14.0 Å². The number of ether oxygens (including phenoxy) is 3. The number of rotatable bonds is 9. The fourth-order valence-electron chi connectivity index (χ4n) is 6.23. The molecule has 0 aliphatic carbocycles. The fourth-order valence-corrected chi connectivity index (χ4v) is 7.22. The summed E-state index contributed by atoms with van der Waals surface area (Å²) in [6, 6.07) is 28.2. The average Bonchev–Trinajstić information content (AvgIpc) is 3.64. The summed E-state index contributed by atoms with van der Waals surface area (Å²) in [4.78, 5) is 33.8. The van der Waals surface area contributed by atoms with Crippen LogP contribution in [0.25, 0.3) is 22.7 Å². The third-order valence-corrected chi connectivity index (χ3v) is 9.46. The molecule has 6 aromatic rings. The van der Waals surface area contributed by atoms with E-state index >= 15 is 0 Å². The molecule has 7 rings (SSSR count). The Morgan fingerprint density at radius 3 is 2.45 bits per heavy atom. The molecule has 0 spiro atoms. The number of benzene rings is 4.